The Morgan fingerprint density at radius 1 is 0.939 bits per heavy atom. The molecule has 1 amide bonds. The molecule has 5 aromatic rings. The van der Waals surface area contributed by atoms with Gasteiger partial charge in [0.05, 0.1) is 23.2 Å². The predicted molar refractivity (Wildman–Crippen MR) is 131 cm³/mol. The van der Waals surface area contributed by atoms with Crippen molar-refractivity contribution in [2.75, 3.05) is 11.1 Å². The summed E-state index contributed by atoms with van der Waals surface area (Å²) in [7, 11) is 0. The second-order valence-corrected chi connectivity index (χ2v) is 8.66. The number of carbonyl (C=O) groups excluding carboxylic acids is 1. The number of rotatable bonds is 6. The van der Waals surface area contributed by atoms with Crippen LogP contribution in [0.3, 0.4) is 0 Å². The summed E-state index contributed by atoms with van der Waals surface area (Å²) in [6, 6.07) is 24.8. The highest BCUT2D eigenvalue weighted by molar-refractivity contribution is 7.99. The highest BCUT2D eigenvalue weighted by atomic mass is 32.2. The van der Waals surface area contributed by atoms with Crippen LogP contribution in [0.15, 0.2) is 88.8 Å². The summed E-state index contributed by atoms with van der Waals surface area (Å²) in [5, 5.41) is 12.7. The number of anilines is 1. The van der Waals surface area contributed by atoms with Crippen LogP contribution in [0.2, 0.25) is 0 Å². The first-order chi connectivity index (χ1) is 16.1. The molecule has 2 heterocycles. The van der Waals surface area contributed by atoms with E-state index in [1.807, 2.05) is 84.1 Å². The van der Waals surface area contributed by atoms with Crippen molar-refractivity contribution >= 4 is 40.0 Å². The molecule has 0 bridgehead atoms. The summed E-state index contributed by atoms with van der Waals surface area (Å²) >= 11 is 1.28. The Balaban J connectivity index is 1.51. The van der Waals surface area contributed by atoms with E-state index in [0.717, 1.165) is 16.8 Å². The highest BCUT2D eigenvalue weighted by Crippen LogP contribution is 2.22. The SMILES string of the molecule is Cc1ccc(Cn2c(=O)c3ccccc3n3c(SCC(=O)Nc4ccccc4)nnc23)cc1. The second-order valence-electron chi connectivity index (χ2n) is 7.71. The van der Waals surface area contributed by atoms with E-state index in [1.165, 1.54) is 11.8 Å². The Morgan fingerprint density at radius 3 is 2.45 bits per heavy atom. The first-order valence-corrected chi connectivity index (χ1v) is 11.5. The van der Waals surface area contributed by atoms with Gasteiger partial charge >= 0.3 is 0 Å². The molecule has 0 aliphatic heterocycles. The van der Waals surface area contributed by atoms with Crippen molar-refractivity contribution in [2.45, 2.75) is 18.6 Å². The van der Waals surface area contributed by atoms with E-state index in [4.69, 9.17) is 0 Å². The molecule has 0 atom stereocenters. The van der Waals surface area contributed by atoms with Crippen molar-refractivity contribution in [2.24, 2.45) is 0 Å². The summed E-state index contributed by atoms with van der Waals surface area (Å²) in [6.07, 6.45) is 0. The van der Waals surface area contributed by atoms with Gasteiger partial charge in [0.25, 0.3) is 5.56 Å². The van der Waals surface area contributed by atoms with Crippen LogP contribution in [0.1, 0.15) is 11.1 Å². The Bertz CT molecular complexity index is 1510. The minimum Gasteiger partial charge on any atom is -0.325 e. The van der Waals surface area contributed by atoms with E-state index in [9.17, 15) is 9.59 Å². The van der Waals surface area contributed by atoms with Gasteiger partial charge in [-0.3, -0.25) is 18.6 Å². The third-order valence-corrected chi connectivity index (χ3v) is 6.26. The van der Waals surface area contributed by atoms with E-state index < -0.39 is 0 Å². The monoisotopic (exact) mass is 455 g/mol. The van der Waals surface area contributed by atoms with Gasteiger partial charge in [0.1, 0.15) is 0 Å². The molecule has 0 saturated heterocycles. The largest absolute Gasteiger partial charge is 0.325 e. The number of hydrogen-bond donors (Lipinski definition) is 1. The number of amides is 1. The van der Waals surface area contributed by atoms with Crippen molar-refractivity contribution in [3.63, 3.8) is 0 Å². The Hall–Kier alpha value is -3.91. The number of aryl methyl sites for hydroxylation is 1. The molecule has 3 aromatic carbocycles. The molecule has 0 aliphatic carbocycles. The molecule has 7 nitrogen and oxygen atoms in total. The quantitative estimate of drug-likeness (QED) is 0.389. The lowest BCUT2D eigenvalue weighted by atomic mass is 10.1. The summed E-state index contributed by atoms with van der Waals surface area (Å²) < 4.78 is 3.49. The van der Waals surface area contributed by atoms with Gasteiger partial charge in [-0.2, -0.15) is 0 Å². The van der Waals surface area contributed by atoms with Crippen molar-refractivity contribution < 1.29 is 4.79 Å². The van der Waals surface area contributed by atoms with E-state index >= 15 is 0 Å². The number of nitrogens with zero attached hydrogens (tertiary/aromatic N) is 4. The maximum absolute atomic E-state index is 13.3. The van der Waals surface area contributed by atoms with Crippen molar-refractivity contribution in [3.05, 3.63) is 100 Å². The fourth-order valence-electron chi connectivity index (χ4n) is 3.69. The minimum atomic E-state index is -0.139. The molecule has 2 aromatic heterocycles. The molecule has 0 fully saturated rings. The molecule has 5 rings (SSSR count). The van der Waals surface area contributed by atoms with Gasteiger partial charge in [-0.25, -0.2) is 0 Å². The average molecular weight is 456 g/mol. The normalized spacial score (nSPS) is 11.2. The average Bonchev–Trinajstić information content (AvgIpc) is 3.26. The lowest BCUT2D eigenvalue weighted by Crippen LogP contribution is -2.24. The zero-order valence-corrected chi connectivity index (χ0v) is 18.7. The van der Waals surface area contributed by atoms with Crippen LogP contribution in [0.4, 0.5) is 5.69 Å². The molecule has 164 valence electrons. The molecule has 0 radical (unpaired) electrons. The van der Waals surface area contributed by atoms with Crippen LogP contribution in [0.25, 0.3) is 16.7 Å². The van der Waals surface area contributed by atoms with Gasteiger partial charge in [0.15, 0.2) is 5.16 Å². The summed E-state index contributed by atoms with van der Waals surface area (Å²) in [5.74, 6) is 0.478. The number of aromatic nitrogens is 4. The van der Waals surface area contributed by atoms with Gasteiger partial charge < -0.3 is 5.32 Å². The summed E-state index contributed by atoms with van der Waals surface area (Å²) in [6.45, 7) is 2.41. The molecular formula is C25H21N5O2S. The van der Waals surface area contributed by atoms with Gasteiger partial charge in [0, 0.05) is 5.69 Å². The van der Waals surface area contributed by atoms with Crippen LogP contribution < -0.4 is 10.9 Å². The first kappa shape index (κ1) is 21.0. The standard InChI is InChI=1S/C25H21N5O2S/c1-17-11-13-18(14-12-17)15-29-23(32)20-9-5-6-10-21(20)30-24(29)27-28-25(30)33-16-22(31)26-19-7-3-2-4-8-19/h2-14H,15-16H2,1H3,(H,26,31). The number of nitrogens with one attached hydrogen (secondary N) is 1. The van der Waals surface area contributed by atoms with Gasteiger partial charge in [-0.1, -0.05) is 71.9 Å². The molecule has 8 heteroatoms. The maximum atomic E-state index is 13.3. The molecule has 0 aliphatic rings. The van der Waals surface area contributed by atoms with Crippen LogP contribution in [-0.4, -0.2) is 30.8 Å². The Kier molecular flexibility index (Phi) is 5.66. The van der Waals surface area contributed by atoms with Crippen LogP contribution in [-0.2, 0) is 11.3 Å². The predicted octanol–water partition coefficient (Wildman–Crippen LogP) is 4.13. The van der Waals surface area contributed by atoms with Crippen LogP contribution in [0.5, 0.6) is 0 Å². The molecule has 0 spiro atoms. The molecule has 33 heavy (non-hydrogen) atoms. The smallest absolute Gasteiger partial charge is 0.263 e. The van der Waals surface area contributed by atoms with E-state index in [-0.39, 0.29) is 17.2 Å². The van der Waals surface area contributed by atoms with Gasteiger partial charge in [-0.15, -0.1) is 10.2 Å². The van der Waals surface area contributed by atoms with Gasteiger partial charge in [0.2, 0.25) is 11.7 Å². The zero-order chi connectivity index (χ0) is 22.8. The fourth-order valence-corrected chi connectivity index (χ4v) is 4.43. The van der Waals surface area contributed by atoms with E-state index in [2.05, 4.69) is 15.5 Å². The van der Waals surface area contributed by atoms with Crippen LogP contribution in [0, 0.1) is 6.92 Å². The van der Waals surface area contributed by atoms with Crippen molar-refractivity contribution in [3.8, 4) is 0 Å². The van der Waals surface area contributed by atoms with E-state index in [1.54, 1.807) is 10.6 Å². The third-order valence-electron chi connectivity index (χ3n) is 5.33. The number of fused-ring (bicyclic) bond motifs is 3. The minimum absolute atomic E-state index is 0.121. The number of para-hydroxylation sites is 2. The number of carbonyl (C=O) groups is 1. The molecule has 1 N–H and O–H groups in total. The fraction of sp³-hybridized carbons (Fsp3) is 0.120. The molecule has 0 unspecified atom stereocenters. The highest BCUT2D eigenvalue weighted by Gasteiger charge is 2.18. The molecular weight excluding hydrogens is 434 g/mol. The third kappa shape index (κ3) is 4.25. The lowest BCUT2D eigenvalue weighted by molar-refractivity contribution is -0.113. The lowest BCUT2D eigenvalue weighted by Gasteiger charge is -2.11. The summed E-state index contributed by atoms with van der Waals surface area (Å²) in [5.41, 5.74) is 3.49. The van der Waals surface area contributed by atoms with E-state index in [0.29, 0.717) is 28.4 Å². The maximum Gasteiger partial charge on any atom is 0.263 e. The number of benzene rings is 3. The number of thioether (sulfide) groups is 1. The van der Waals surface area contributed by atoms with Gasteiger partial charge in [-0.05, 0) is 36.8 Å². The molecule has 0 saturated carbocycles. The summed E-state index contributed by atoms with van der Waals surface area (Å²) in [4.78, 5) is 25.8. The number of hydrogen-bond acceptors (Lipinski definition) is 5. The van der Waals surface area contributed by atoms with Crippen molar-refractivity contribution in [1.29, 1.82) is 0 Å². The Morgan fingerprint density at radius 2 is 1.67 bits per heavy atom. The van der Waals surface area contributed by atoms with Crippen molar-refractivity contribution in [1.82, 2.24) is 19.2 Å². The van der Waals surface area contributed by atoms with Crippen LogP contribution >= 0.6 is 11.8 Å². The zero-order valence-electron chi connectivity index (χ0n) is 17.9. The second kappa shape index (κ2) is 8.91. The topological polar surface area (TPSA) is 81.3 Å². The Labute approximate surface area is 194 Å². The first-order valence-electron chi connectivity index (χ1n) is 10.5.